The van der Waals surface area contributed by atoms with Crippen molar-refractivity contribution in [2.24, 2.45) is 11.8 Å². The number of hydrogen-bond acceptors (Lipinski definition) is 3. The van der Waals surface area contributed by atoms with Crippen LogP contribution < -0.4 is 5.32 Å². The largest absolute Gasteiger partial charge is 0.352 e. The highest BCUT2D eigenvalue weighted by Gasteiger charge is 2.36. The fourth-order valence-corrected chi connectivity index (χ4v) is 5.61. The number of benzene rings is 1. The van der Waals surface area contributed by atoms with E-state index in [1.165, 1.54) is 4.31 Å². The lowest BCUT2D eigenvalue weighted by Crippen LogP contribution is -2.52. The third-order valence-electron chi connectivity index (χ3n) is 5.86. The number of piperidine rings is 2. The summed E-state index contributed by atoms with van der Waals surface area (Å²) in [7, 11) is -3.46. The molecule has 2 saturated heterocycles. The molecule has 1 aromatic carbocycles. The van der Waals surface area contributed by atoms with Crippen molar-refractivity contribution in [3.63, 3.8) is 0 Å². The summed E-state index contributed by atoms with van der Waals surface area (Å²) < 4.78 is 29.0. The molecular formula is C20H31N3O3S. The lowest BCUT2D eigenvalue weighted by Gasteiger charge is -2.37. The second-order valence-electron chi connectivity index (χ2n) is 7.93. The molecule has 1 N–H and O–H groups in total. The molecule has 0 radical (unpaired) electrons. The first-order chi connectivity index (χ1) is 12.9. The normalized spacial score (nSPS) is 23.3. The molecule has 0 aliphatic carbocycles. The molecule has 27 heavy (non-hydrogen) atoms. The Morgan fingerprint density at radius 3 is 2.52 bits per heavy atom. The number of rotatable bonds is 5. The second kappa shape index (κ2) is 8.71. The topological polar surface area (TPSA) is 69.7 Å². The van der Waals surface area contributed by atoms with Gasteiger partial charge in [-0.2, -0.15) is 17.0 Å². The van der Waals surface area contributed by atoms with Crippen LogP contribution in [-0.4, -0.2) is 49.1 Å². The first-order valence-electron chi connectivity index (χ1n) is 9.95. The highest BCUT2D eigenvalue weighted by Crippen LogP contribution is 2.25. The standard InChI is InChI=1S/C20H31N3O3S/c1-16-9-12-22(13-10-16)27(25,26)23-11-5-8-19(15-23)20(24)21-14-18-7-4-3-6-17(18)2/h3-4,6-7,16,19H,5,8-15H2,1-2H3,(H,21,24). The zero-order valence-electron chi connectivity index (χ0n) is 16.4. The third kappa shape index (κ3) is 4.89. The molecule has 2 fully saturated rings. The van der Waals surface area contributed by atoms with Crippen LogP contribution in [0.15, 0.2) is 24.3 Å². The summed E-state index contributed by atoms with van der Waals surface area (Å²) in [5, 5.41) is 2.99. The van der Waals surface area contributed by atoms with E-state index in [0.717, 1.165) is 36.8 Å². The van der Waals surface area contributed by atoms with E-state index in [1.807, 2.05) is 31.2 Å². The fourth-order valence-electron chi connectivity index (χ4n) is 3.88. The van der Waals surface area contributed by atoms with Crippen molar-refractivity contribution in [2.45, 2.75) is 46.1 Å². The zero-order valence-corrected chi connectivity index (χ0v) is 17.2. The quantitative estimate of drug-likeness (QED) is 0.834. The summed E-state index contributed by atoms with van der Waals surface area (Å²) in [6.07, 6.45) is 3.29. The SMILES string of the molecule is Cc1ccccc1CNC(=O)C1CCCN(S(=O)(=O)N2CCC(C)CC2)C1. The van der Waals surface area contributed by atoms with E-state index in [4.69, 9.17) is 0 Å². The van der Waals surface area contributed by atoms with E-state index in [9.17, 15) is 13.2 Å². The van der Waals surface area contributed by atoms with Gasteiger partial charge < -0.3 is 5.32 Å². The maximum absolute atomic E-state index is 13.0. The molecule has 1 amide bonds. The predicted molar refractivity (Wildman–Crippen MR) is 106 cm³/mol. The summed E-state index contributed by atoms with van der Waals surface area (Å²) in [6, 6.07) is 7.97. The van der Waals surface area contributed by atoms with Crippen molar-refractivity contribution < 1.29 is 13.2 Å². The van der Waals surface area contributed by atoms with E-state index < -0.39 is 10.2 Å². The Morgan fingerprint density at radius 1 is 1.11 bits per heavy atom. The van der Waals surface area contributed by atoms with Crippen LogP contribution in [0.5, 0.6) is 0 Å². The van der Waals surface area contributed by atoms with E-state index in [0.29, 0.717) is 32.1 Å². The van der Waals surface area contributed by atoms with Crippen LogP contribution in [0.3, 0.4) is 0 Å². The Labute approximate surface area is 163 Å². The van der Waals surface area contributed by atoms with E-state index in [-0.39, 0.29) is 18.4 Å². The van der Waals surface area contributed by atoms with Gasteiger partial charge in [-0.1, -0.05) is 31.2 Å². The second-order valence-corrected chi connectivity index (χ2v) is 9.86. The minimum atomic E-state index is -3.46. The van der Waals surface area contributed by atoms with Gasteiger partial charge in [0.1, 0.15) is 0 Å². The Morgan fingerprint density at radius 2 is 1.81 bits per heavy atom. The number of aryl methyl sites for hydroxylation is 1. The van der Waals surface area contributed by atoms with Crippen molar-refractivity contribution in [1.82, 2.24) is 13.9 Å². The number of nitrogens with one attached hydrogen (secondary N) is 1. The number of nitrogens with zero attached hydrogens (tertiary/aromatic N) is 2. The lowest BCUT2D eigenvalue weighted by atomic mass is 9.98. The Bertz CT molecular complexity index is 757. The molecule has 0 aromatic heterocycles. The fraction of sp³-hybridized carbons (Fsp3) is 0.650. The zero-order chi connectivity index (χ0) is 19.4. The summed E-state index contributed by atoms with van der Waals surface area (Å²) >= 11 is 0. The van der Waals surface area contributed by atoms with Gasteiger partial charge in [0.05, 0.1) is 5.92 Å². The third-order valence-corrected chi connectivity index (χ3v) is 7.87. The van der Waals surface area contributed by atoms with E-state index >= 15 is 0 Å². The molecule has 1 atom stereocenters. The van der Waals surface area contributed by atoms with Crippen molar-refractivity contribution in [3.05, 3.63) is 35.4 Å². The van der Waals surface area contributed by atoms with Crippen LogP contribution in [0.2, 0.25) is 0 Å². The predicted octanol–water partition coefficient (Wildman–Crippen LogP) is 2.30. The summed E-state index contributed by atoms with van der Waals surface area (Å²) in [5.74, 6) is 0.254. The first-order valence-corrected chi connectivity index (χ1v) is 11.3. The first kappa shape index (κ1) is 20.3. The van der Waals surface area contributed by atoms with E-state index in [1.54, 1.807) is 4.31 Å². The number of hydrogen-bond donors (Lipinski definition) is 1. The summed E-state index contributed by atoms with van der Waals surface area (Å²) in [4.78, 5) is 12.6. The van der Waals surface area contributed by atoms with Crippen LogP contribution in [0.4, 0.5) is 0 Å². The average molecular weight is 394 g/mol. The molecule has 2 heterocycles. The van der Waals surface area contributed by atoms with Gasteiger partial charge in [0.2, 0.25) is 5.91 Å². The molecule has 0 bridgehead atoms. The molecule has 0 spiro atoms. The minimum absolute atomic E-state index is 0.0505. The van der Waals surface area contributed by atoms with Crippen LogP contribution in [-0.2, 0) is 21.5 Å². The summed E-state index contributed by atoms with van der Waals surface area (Å²) in [6.45, 7) is 6.65. The maximum atomic E-state index is 13.0. The van der Waals surface area contributed by atoms with Crippen molar-refractivity contribution in [2.75, 3.05) is 26.2 Å². The van der Waals surface area contributed by atoms with Gasteiger partial charge in [0, 0.05) is 32.7 Å². The molecule has 6 nitrogen and oxygen atoms in total. The van der Waals surface area contributed by atoms with Crippen molar-refractivity contribution >= 4 is 16.1 Å². The lowest BCUT2D eigenvalue weighted by molar-refractivity contribution is -0.126. The maximum Gasteiger partial charge on any atom is 0.281 e. The Kier molecular flexibility index (Phi) is 6.55. The van der Waals surface area contributed by atoms with Crippen molar-refractivity contribution in [1.29, 1.82) is 0 Å². The van der Waals surface area contributed by atoms with Gasteiger partial charge in [-0.15, -0.1) is 0 Å². The molecular weight excluding hydrogens is 362 g/mol. The average Bonchev–Trinajstić information content (AvgIpc) is 2.67. The number of carbonyl (C=O) groups is 1. The molecule has 1 unspecified atom stereocenters. The molecule has 3 rings (SSSR count). The van der Waals surface area contributed by atoms with Gasteiger partial charge in [0.15, 0.2) is 0 Å². The highest BCUT2D eigenvalue weighted by atomic mass is 32.2. The monoisotopic (exact) mass is 393 g/mol. The van der Waals surface area contributed by atoms with Gasteiger partial charge in [0.25, 0.3) is 10.2 Å². The Hall–Kier alpha value is -1.44. The molecule has 150 valence electrons. The Balaban J connectivity index is 1.58. The highest BCUT2D eigenvalue weighted by molar-refractivity contribution is 7.86. The van der Waals surface area contributed by atoms with Gasteiger partial charge in [-0.05, 0) is 49.7 Å². The van der Waals surface area contributed by atoms with Crippen LogP contribution >= 0.6 is 0 Å². The smallest absolute Gasteiger partial charge is 0.281 e. The molecule has 1 aromatic rings. The van der Waals surface area contributed by atoms with Gasteiger partial charge in [-0.3, -0.25) is 4.79 Å². The molecule has 0 saturated carbocycles. The van der Waals surface area contributed by atoms with Crippen LogP contribution in [0.25, 0.3) is 0 Å². The van der Waals surface area contributed by atoms with Crippen LogP contribution in [0.1, 0.15) is 43.7 Å². The van der Waals surface area contributed by atoms with Gasteiger partial charge in [-0.25, -0.2) is 0 Å². The minimum Gasteiger partial charge on any atom is -0.352 e. The number of amides is 1. The molecule has 7 heteroatoms. The molecule has 2 aliphatic heterocycles. The van der Waals surface area contributed by atoms with E-state index in [2.05, 4.69) is 12.2 Å². The van der Waals surface area contributed by atoms with Crippen molar-refractivity contribution in [3.8, 4) is 0 Å². The summed E-state index contributed by atoms with van der Waals surface area (Å²) in [5.41, 5.74) is 2.23. The van der Waals surface area contributed by atoms with Gasteiger partial charge >= 0.3 is 0 Å². The van der Waals surface area contributed by atoms with Crippen LogP contribution in [0, 0.1) is 18.8 Å². The number of carbonyl (C=O) groups excluding carboxylic acids is 1. The molecule has 2 aliphatic rings.